The summed E-state index contributed by atoms with van der Waals surface area (Å²) < 4.78 is 87.9. The van der Waals surface area contributed by atoms with E-state index in [1.165, 1.54) is 18.7 Å². The Labute approximate surface area is 253 Å². The van der Waals surface area contributed by atoms with E-state index in [0.717, 1.165) is 10.5 Å². The highest BCUT2D eigenvalue weighted by molar-refractivity contribution is 6.02. The van der Waals surface area contributed by atoms with Gasteiger partial charge in [-0.05, 0) is 53.6 Å². The smallest absolute Gasteiger partial charge is 0.416 e. The van der Waals surface area contributed by atoms with Gasteiger partial charge in [0.2, 0.25) is 0 Å². The zero-order valence-electron chi connectivity index (χ0n) is 23.9. The van der Waals surface area contributed by atoms with Crippen LogP contribution >= 0.6 is 0 Å². The van der Waals surface area contributed by atoms with Crippen LogP contribution in [0.15, 0.2) is 95.9 Å². The second kappa shape index (κ2) is 12.1. The molecule has 0 saturated carbocycles. The summed E-state index contributed by atoms with van der Waals surface area (Å²) in [4.78, 5) is 32.6. The Morgan fingerprint density at radius 2 is 1.47 bits per heavy atom. The standard InChI is InChI=1S/C33H25F6N3O3/c1-41(18-21-14-23(32(34,35)36)17-24(15-21)33(37,38)39)30(43)28-29(25-10-6-7-11-27(25)42(2)31(28)44)45-19-20-12-13-40-26(16-20)22-8-4-3-5-9-22/h3-17H,18-19H2,1-2H3. The molecule has 232 valence electrons. The van der Waals surface area contributed by atoms with Crippen molar-refractivity contribution in [2.75, 3.05) is 7.05 Å². The average molecular weight is 626 g/mol. The molecule has 0 spiro atoms. The van der Waals surface area contributed by atoms with Crippen LogP contribution in [0.2, 0.25) is 0 Å². The van der Waals surface area contributed by atoms with Crippen molar-refractivity contribution in [2.24, 2.45) is 7.05 Å². The number of aryl methyl sites for hydroxylation is 1. The number of benzene rings is 3. The van der Waals surface area contributed by atoms with Crippen molar-refractivity contribution in [1.82, 2.24) is 14.5 Å². The fourth-order valence-corrected chi connectivity index (χ4v) is 4.94. The van der Waals surface area contributed by atoms with Crippen molar-refractivity contribution in [3.05, 3.63) is 129 Å². The van der Waals surface area contributed by atoms with Gasteiger partial charge in [0.05, 0.1) is 22.3 Å². The first-order valence-electron chi connectivity index (χ1n) is 13.5. The van der Waals surface area contributed by atoms with Gasteiger partial charge in [-0.2, -0.15) is 26.3 Å². The number of aromatic nitrogens is 2. The number of pyridine rings is 2. The van der Waals surface area contributed by atoms with Gasteiger partial charge < -0.3 is 14.2 Å². The maximum absolute atomic E-state index is 13.8. The molecule has 0 aliphatic heterocycles. The predicted octanol–water partition coefficient (Wildman–Crippen LogP) is 7.49. The second-order valence-electron chi connectivity index (χ2n) is 10.4. The minimum Gasteiger partial charge on any atom is -0.487 e. The summed E-state index contributed by atoms with van der Waals surface area (Å²) >= 11 is 0. The van der Waals surface area contributed by atoms with E-state index in [4.69, 9.17) is 4.74 Å². The number of para-hydroxylation sites is 1. The highest BCUT2D eigenvalue weighted by Gasteiger charge is 2.37. The number of amides is 1. The number of rotatable bonds is 7. The van der Waals surface area contributed by atoms with E-state index in [-0.39, 0.29) is 18.4 Å². The van der Waals surface area contributed by atoms with E-state index in [2.05, 4.69) is 4.98 Å². The zero-order valence-corrected chi connectivity index (χ0v) is 23.9. The number of carbonyl (C=O) groups excluding carboxylic acids is 1. The maximum atomic E-state index is 13.8. The first-order valence-corrected chi connectivity index (χ1v) is 13.5. The third-order valence-electron chi connectivity index (χ3n) is 7.16. The van der Waals surface area contributed by atoms with Crippen molar-refractivity contribution in [2.45, 2.75) is 25.5 Å². The largest absolute Gasteiger partial charge is 0.487 e. The molecule has 0 unspecified atom stereocenters. The first kappa shape index (κ1) is 31.3. The lowest BCUT2D eigenvalue weighted by Gasteiger charge is -2.22. The highest BCUT2D eigenvalue weighted by atomic mass is 19.4. The Hall–Kier alpha value is -5.13. The predicted molar refractivity (Wildman–Crippen MR) is 155 cm³/mol. The van der Waals surface area contributed by atoms with Gasteiger partial charge in [-0.3, -0.25) is 14.6 Å². The van der Waals surface area contributed by atoms with Crippen LogP contribution in [0, 0.1) is 0 Å². The Balaban J connectivity index is 1.53. The van der Waals surface area contributed by atoms with Crippen molar-refractivity contribution in [3.8, 4) is 17.0 Å². The normalized spacial score (nSPS) is 11.9. The highest BCUT2D eigenvalue weighted by Crippen LogP contribution is 2.37. The Morgan fingerprint density at radius 3 is 2.11 bits per heavy atom. The van der Waals surface area contributed by atoms with Gasteiger partial charge in [-0.1, -0.05) is 42.5 Å². The topological polar surface area (TPSA) is 64.4 Å². The SMILES string of the molecule is CN(Cc1cc(C(F)(F)F)cc(C(F)(F)F)c1)C(=O)c1c(OCc2ccnc(-c3ccccc3)c2)c2ccccc2n(C)c1=O. The molecule has 0 aliphatic rings. The Morgan fingerprint density at radius 1 is 0.844 bits per heavy atom. The molecule has 5 rings (SSSR count). The molecule has 12 heteroatoms. The quantitative estimate of drug-likeness (QED) is 0.176. The number of halogens is 6. The summed E-state index contributed by atoms with van der Waals surface area (Å²) in [7, 11) is 2.63. The molecule has 0 saturated heterocycles. The van der Waals surface area contributed by atoms with E-state index in [9.17, 15) is 35.9 Å². The molecule has 0 N–H and O–H groups in total. The zero-order chi connectivity index (χ0) is 32.5. The van der Waals surface area contributed by atoms with Crippen LogP contribution in [0.5, 0.6) is 5.75 Å². The van der Waals surface area contributed by atoms with Crippen molar-refractivity contribution in [1.29, 1.82) is 0 Å². The number of hydrogen-bond acceptors (Lipinski definition) is 4. The van der Waals surface area contributed by atoms with Crippen LogP contribution < -0.4 is 10.3 Å². The minimum absolute atomic E-state index is 0.0126. The molecule has 0 radical (unpaired) electrons. The number of fused-ring (bicyclic) bond motifs is 1. The Bertz CT molecular complexity index is 1900. The van der Waals surface area contributed by atoms with Gasteiger partial charge in [0, 0.05) is 37.8 Å². The number of nitrogens with zero attached hydrogens (tertiary/aromatic N) is 3. The van der Waals surface area contributed by atoms with Crippen LogP contribution in [-0.4, -0.2) is 27.4 Å². The summed E-state index contributed by atoms with van der Waals surface area (Å²) in [6, 6.07) is 20.6. The maximum Gasteiger partial charge on any atom is 0.416 e. The van der Waals surface area contributed by atoms with E-state index in [1.54, 1.807) is 42.6 Å². The molecule has 0 aliphatic carbocycles. The van der Waals surface area contributed by atoms with Crippen LogP contribution in [0.3, 0.4) is 0 Å². The number of carbonyl (C=O) groups is 1. The minimum atomic E-state index is -5.05. The lowest BCUT2D eigenvalue weighted by molar-refractivity contribution is -0.143. The van der Waals surface area contributed by atoms with Crippen LogP contribution in [0.1, 0.15) is 32.6 Å². The van der Waals surface area contributed by atoms with Crippen molar-refractivity contribution in [3.63, 3.8) is 0 Å². The van der Waals surface area contributed by atoms with Crippen LogP contribution in [-0.2, 0) is 32.6 Å². The van der Waals surface area contributed by atoms with E-state index in [1.807, 2.05) is 30.3 Å². The molecule has 6 nitrogen and oxygen atoms in total. The molecule has 2 aromatic heterocycles. The molecular weight excluding hydrogens is 600 g/mol. The lowest BCUT2D eigenvalue weighted by atomic mass is 10.0. The van der Waals surface area contributed by atoms with Crippen molar-refractivity contribution >= 4 is 16.8 Å². The molecule has 2 heterocycles. The van der Waals surface area contributed by atoms with Gasteiger partial charge in [0.25, 0.3) is 11.5 Å². The molecule has 0 atom stereocenters. The first-order chi connectivity index (χ1) is 21.2. The second-order valence-corrected chi connectivity index (χ2v) is 10.4. The van der Waals surface area contributed by atoms with Crippen LogP contribution in [0.25, 0.3) is 22.2 Å². The third-order valence-corrected chi connectivity index (χ3v) is 7.16. The summed E-state index contributed by atoms with van der Waals surface area (Å²) in [5.74, 6) is -1.01. The molecule has 0 bridgehead atoms. The lowest BCUT2D eigenvalue weighted by Crippen LogP contribution is -2.34. The molecule has 45 heavy (non-hydrogen) atoms. The molecule has 5 aromatic rings. The van der Waals surface area contributed by atoms with Crippen LogP contribution in [0.4, 0.5) is 26.3 Å². The molecule has 0 fully saturated rings. The van der Waals surface area contributed by atoms with E-state index < -0.39 is 52.6 Å². The van der Waals surface area contributed by atoms with Gasteiger partial charge in [-0.15, -0.1) is 0 Å². The number of hydrogen-bond donors (Lipinski definition) is 0. The summed E-state index contributed by atoms with van der Waals surface area (Å²) in [6.07, 6.45) is -8.52. The van der Waals surface area contributed by atoms with E-state index >= 15 is 0 Å². The monoisotopic (exact) mass is 625 g/mol. The average Bonchev–Trinajstić information content (AvgIpc) is 3.01. The number of alkyl halides is 6. The van der Waals surface area contributed by atoms with Crippen molar-refractivity contribution < 1.29 is 35.9 Å². The molecular formula is C33H25F6N3O3. The summed E-state index contributed by atoms with van der Waals surface area (Å²) in [5, 5.41) is 0.409. The molecule has 1 amide bonds. The van der Waals surface area contributed by atoms with Gasteiger partial charge in [0.15, 0.2) is 0 Å². The van der Waals surface area contributed by atoms with Gasteiger partial charge in [-0.25, -0.2) is 0 Å². The van der Waals surface area contributed by atoms with E-state index in [0.29, 0.717) is 34.3 Å². The third kappa shape index (κ3) is 6.69. The van der Waals surface area contributed by atoms with Gasteiger partial charge in [0.1, 0.15) is 17.9 Å². The summed E-state index contributed by atoms with van der Waals surface area (Å²) in [6.45, 7) is -0.724. The number of ether oxygens (including phenoxy) is 1. The summed E-state index contributed by atoms with van der Waals surface area (Å²) in [5.41, 5.74) is -1.96. The Kier molecular flexibility index (Phi) is 8.42. The molecule has 3 aromatic carbocycles. The fraction of sp³-hybridized carbons (Fsp3) is 0.182. The fourth-order valence-electron chi connectivity index (χ4n) is 4.94. The van der Waals surface area contributed by atoms with Gasteiger partial charge >= 0.3 is 12.4 Å².